The lowest BCUT2D eigenvalue weighted by molar-refractivity contribution is 0.482. The summed E-state index contributed by atoms with van der Waals surface area (Å²) in [6.45, 7) is 0.655. The molecule has 118 valence electrons. The highest BCUT2D eigenvalue weighted by atomic mass is 32.2. The molecule has 0 aromatic heterocycles. The van der Waals surface area contributed by atoms with Crippen LogP contribution in [-0.4, -0.2) is 34.0 Å². The molecule has 2 aromatic rings. The van der Waals surface area contributed by atoms with E-state index in [0.29, 0.717) is 13.0 Å². The SMILES string of the molecule is CN(CCCS(C)(=O)=O)c1ccccc1Oc1ccccc1. The largest absolute Gasteiger partial charge is 0.455 e. The van der Waals surface area contributed by atoms with Crippen molar-refractivity contribution in [1.29, 1.82) is 0 Å². The van der Waals surface area contributed by atoms with E-state index in [9.17, 15) is 8.42 Å². The Hall–Kier alpha value is -2.01. The topological polar surface area (TPSA) is 46.6 Å². The summed E-state index contributed by atoms with van der Waals surface area (Å²) in [5.41, 5.74) is 0.944. The van der Waals surface area contributed by atoms with Crippen molar-refractivity contribution < 1.29 is 13.2 Å². The highest BCUT2D eigenvalue weighted by Gasteiger charge is 2.10. The molecule has 0 aliphatic carbocycles. The van der Waals surface area contributed by atoms with Crippen molar-refractivity contribution in [2.75, 3.05) is 30.5 Å². The molecule has 0 amide bonds. The van der Waals surface area contributed by atoms with Crippen molar-refractivity contribution in [3.63, 3.8) is 0 Å². The number of anilines is 1. The number of rotatable bonds is 7. The summed E-state index contributed by atoms with van der Waals surface area (Å²) in [6.07, 6.45) is 1.86. The van der Waals surface area contributed by atoms with E-state index in [1.54, 1.807) is 0 Å². The Balaban J connectivity index is 2.07. The van der Waals surface area contributed by atoms with Crippen LogP contribution in [0.3, 0.4) is 0 Å². The zero-order valence-corrected chi connectivity index (χ0v) is 13.7. The first-order chi connectivity index (χ1) is 10.5. The minimum atomic E-state index is -2.92. The highest BCUT2D eigenvalue weighted by Crippen LogP contribution is 2.31. The molecular weight excluding hydrogens is 298 g/mol. The maximum atomic E-state index is 11.2. The molecule has 0 saturated carbocycles. The normalized spacial score (nSPS) is 11.2. The maximum absolute atomic E-state index is 11.2. The van der Waals surface area contributed by atoms with Gasteiger partial charge in [0.15, 0.2) is 5.75 Å². The van der Waals surface area contributed by atoms with Gasteiger partial charge in [-0.1, -0.05) is 30.3 Å². The van der Waals surface area contributed by atoms with Gasteiger partial charge in [-0.05, 0) is 30.7 Å². The third-order valence-corrected chi connectivity index (χ3v) is 4.29. The van der Waals surface area contributed by atoms with Gasteiger partial charge < -0.3 is 9.64 Å². The Morgan fingerprint density at radius 2 is 1.64 bits per heavy atom. The quantitative estimate of drug-likeness (QED) is 0.785. The van der Waals surface area contributed by atoms with E-state index >= 15 is 0 Å². The summed E-state index contributed by atoms with van der Waals surface area (Å²) >= 11 is 0. The summed E-state index contributed by atoms with van der Waals surface area (Å²) in [7, 11) is -0.979. The van der Waals surface area contributed by atoms with Crippen LogP contribution < -0.4 is 9.64 Å². The highest BCUT2D eigenvalue weighted by molar-refractivity contribution is 7.90. The van der Waals surface area contributed by atoms with Crippen molar-refractivity contribution in [1.82, 2.24) is 0 Å². The van der Waals surface area contributed by atoms with E-state index in [4.69, 9.17) is 4.74 Å². The first-order valence-corrected chi connectivity index (χ1v) is 9.22. The molecule has 0 fully saturated rings. The Bertz CT molecular complexity index is 699. The van der Waals surface area contributed by atoms with Crippen LogP contribution in [0, 0.1) is 0 Å². The van der Waals surface area contributed by atoms with E-state index in [0.717, 1.165) is 17.2 Å². The average Bonchev–Trinajstić information content (AvgIpc) is 2.47. The number of hydrogen-bond acceptors (Lipinski definition) is 4. The smallest absolute Gasteiger partial charge is 0.150 e. The maximum Gasteiger partial charge on any atom is 0.150 e. The van der Waals surface area contributed by atoms with Gasteiger partial charge in [0.1, 0.15) is 15.6 Å². The molecule has 0 atom stereocenters. The first kappa shape index (κ1) is 16.4. The first-order valence-electron chi connectivity index (χ1n) is 7.16. The van der Waals surface area contributed by atoms with Gasteiger partial charge in [0, 0.05) is 19.8 Å². The second-order valence-electron chi connectivity index (χ2n) is 5.29. The third kappa shape index (κ3) is 5.07. The summed E-state index contributed by atoms with van der Waals surface area (Å²) in [5.74, 6) is 1.73. The van der Waals surface area contributed by atoms with Crippen LogP contribution in [0.5, 0.6) is 11.5 Å². The molecule has 0 aliphatic heterocycles. The zero-order chi connectivity index (χ0) is 16.0. The fraction of sp³-hybridized carbons (Fsp3) is 0.294. The molecule has 0 radical (unpaired) electrons. The molecule has 2 aromatic carbocycles. The molecule has 2 rings (SSSR count). The monoisotopic (exact) mass is 319 g/mol. The van der Waals surface area contributed by atoms with Crippen molar-refractivity contribution in [3.8, 4) is 11.5 Å². The van der Waals surface area contributed by atoms with Crippen LogP contribution in [0.4, 0.5) is 5.69 Å². The molecule has 0 bridgehead atoms. The van der Waals surface area contributed by atoms with Crippen LogP contribution in [-0.2, 0) is 9.84 Å². The molecule has 22 heavy (non-hydrogen) atoms. The van der Waals surface area contributed by atoms with Crippen LogP contribution in [0.1, 0.15) is 6.42 Å². The minimum Gasteiger partial charge on any atom is -0.455 e. The second-order valence-corrected chi connectivity index (χ2v) is 7.55. The fourth-order valence-electron chi connectivity index (χ4n) is 2.16. The molecule has 0 N–H and O–H groups in total. The van der Waals surface area contributed by atoms with Crippen molar-refractivity contribution in [3.05, 3.63) is 54.6 Å². The van der Waals surface area contributed by atoms with E-state index in [-0.39, 0.29) is 5.75 Å². The second kappa shape index (κ2) is 7.31. The summed E-state index contributed by atoms with van der Waals surface area (Å²) < 4.78 is 28.3. The number of sulfone groups is 1. The predicted octanol–water partition coefficient (Wildman–Crippen LogP) is 3.35. The molecule has 5 heteroatoms. The molecule has 0 saturated heterocycles. The number of ether oxygens (including phenoxy) is 1. The van der Waals surface area contributed by atoms with Gasteiger partial charge in [-0.2, -0.15) is 0 Å². The van der Waals surface area contributed by atoms with Gasteiger partial charge in [0.05, 0.1) is 11.4 Å². The molecule has 4 nitrogen and oxygen atoms in total. The molecular formula is C17H21NO3S. The Labute approximate surface area is 132 Å². The number of nitrogens with zero attached hydrogens (tertiary/aromatic N) is 1. The Morgan fingerprint density at radius 3 is 2.32 bits per heavy atom. The lowest BCUT2D eigenvalue weighted by Gasteiger charge is -2.22. The number of hydrogen-bond donors (Lipinski definition) is 0. The summed E-state index contributed by atoms with van der Waals surface area (Å²) in [5, 5.41) is 0. The Morgan fingerprint density at radius 1 is 1.00 bits per heavy atom. The summed E-state index contributed by atoms with van der Waals surface area (Å²) in [4.78, 5) is 2.02. The molecule has 0 spiro atoms. The van der Waals surface area contributed by atoms with E-state index < -0.39 is 9.84 Å². The third-order valence-electron chi connectivity index (χ3n) is 3.26. The van der Waals surface area contributed by atoms with E-state index in [2.05, 4.69) is 0 Å². The van der Waals surface area contributed by atoms with Gasteiger partial charge in [0.25, 0.3) is 0 Å². The standard InChI is InChI=1S/C17H21NO3S/c1-18(13-8-14-22(2,19)20)16-11-6-7-12-17(16)21-15-9-4-3-5-10-15/h3-7,9-12H,8,13-14H2,1-2H3. The van der Waals surface area contributed by atoms with Gasteiger partial charge in [-0.15, -0.1) is 0 Å². The molecule has 0 heterocycles. The fourth-order valence-corrected chi connectivity index (χ4v) is 2.81. The lowest BCUT2D eigenvalue weighted by Crippen LogP contribution is -2.21. The zero-order valence-electron chi connectivity index (χ0n) is 12.9. The van der Waals surface area contributed by atoms with Crippen molar-refractivity contribution in [2.24, 2.45) is 0 Å². The Kier molecular flexibility index (Phi) is 5.44. The molecule has 0 aliphatic rings. The molecule has 0 unspecified atom stereocenters. The summed E-state index contributed by atoms with van der Waals surface area (Å²) in [6, 6.07) is 17.3. The van der Waals surface area contributed by atoms with Gasteiger partial charge in [0.2, 0.25) is 0 Å². The van der Waals surface area contributed by atoms with Gasteiger partial charge >= 0.3 is 0 Å². The van der Waals surface area contributed by atoms with Crippen molar-refractivity contribution >= 4 is 15.5 Å². The van der Waals surface area contributed by atoms with Gasteiger partial charge in [-0.25, -0.2) is 8.42 Å². The van der Waals surface area contributed by atoms with Crippen molar-refractivity contribution in [2.45, 2.75) is 6.42 Å². The predicted molar refractivity (Wildman–Crippen MR) is 90.6 cm³/mol. The van der Waals surface area contributed by atoms with Crippen LogP contribution in [0.15, 0.2) is 54.6 Å². The van der Waals surface area contributed by atoms with E-state index in [1.807, 2.05) is 66.5 Å². The lowest BCUT2D eigenvalue weighted by atomic mass is 10.2. The van der Waals surface area contributed by atoms with E-state index in [1.165, 1.54) is 6.26 Å². The minimum absolute atomic E-state index is 0.194. The van der Waals surface area contributed by atoms with Crippen LogP contribution in [0.25, 0.3) is 0 Å². The number of benzene rings is 2. The average molecular weight is 319 g/mol. The van der Waals surface area contributed by atoms with Crippen LogP contribution in [0.2, 0.25) is 0 Å². The number of para-hydroxylation sites is 3. The van der Waals surface area contributed by atoms with Gasteiger partial charge in [-0.3, -0.25) is 0 Å². The van der Waals surface area contributed by atoms with Crippen LogP contribution >= 0.6 is 0 Å².